The van der Waals surface area contributed by atoms with Crippen molar-refractivity contribution in [3.8, 4) is 0 Å². The van der Waals surface area contributed by atoms with Crippen LogP contribution >= 0.6 is 15.9 Å². The van der Waals surface area contributed by atoms with Gasteiger partial charge in [-0.1, -0.05) is 35.0 Å². The smallest absolute Gasteiger partial charge is 0.0231 e. The van der Waals surface area contributed by atoms with Crippen molar-refractivity contribution in [3.63, 3.8) is 0 Å². The topological polar surface area (TPSA) is 15.3 Å². The molecule has 2 nitrogen and oxygen atoms in total. The van der Waals surface area contributed by atoms with Gasteiger partial charge in [0.25, 0.3) is 0 Å². The summed E-state index contributed by atoms with van der Waals surface area (Å²) in [6.07, 6.45) is 2.63. The van der Waals surface area contributed by atoms with E-state index in [0.717, 1.165) is 23.5 Å². The summed E-state index contributed by atoms with van der Waals surface area (Å²) in [5.74, 6) is 0.871. The summed E-state index contributed by atoms with van der Waals surface area (Å²) >= 11 is 3.53. The minimum absolute atomic E-state index is 0.658. The molecule has 100 valence electrons. The maximum atomic E-state index is 3.63. The van der Waals surface area contributed by atoms with E-state index in [1.54, 1.807) is 0 Å². The van der Waals surface area contributed by atoms with Crippen molar-refractivity contribution in [2.45, 2.75) is 32.4 Å². The van der Waals surface area contributed by atoms with E-state index in [0.29, 0.717) is 6.04 Å². The van der Waals surface area contributed by atoms with Crippen LogP contribution in [0.15, 0.2) is 28.7 Å². The lowest BCUT2D eigenvalue weighted by Gasteiger charge is -2.31. The van der Waals surface area contributed by atoms with Crippen molar-refractivity contribution in [2.24, 2.45) is 5.92 Å². The standard InChI is InChI=1S/C15H23BrN2/c1-12-6-7-17-15(8-12)11-18(2)10-13-4-3-5-14(16)9-13/h3-5,9,12,15,17H,6-8,10-11H2,1-2H3. The van der Waals surface area contributed by atoms with Crippen molar-refractivity contribution in [2.75, 3.05) is 20.1 Å². The number of likely N-dealkylation sites (N-methyl/N-ethyl adjacent to an activating group) is 1. The van der Waals surface area contributed by atoms with Gasteiger partial charge in [0.15, 0.2) is 0 Å². The second-order valence-electron chi connectivity index (χ2n) is 5.61. The molecule has 1 aliphatic heterocycles. The molecule has 0 saturated carbocycles. The lowest BCUT2D eigenvalue weighted by molar-refractivity contribution is 0.230. The van der Waals surface area contributed by atoms with Crippen LogP contribution in [-0.2, 0) is 6.54 Å². The Morgan fingerprint density at radius 1 is 1.44 bits per heavy atom. The van der Waals surface area contributed by atoms with Gasteiger partial charge in [0.2, 0.25) is 0 Å². The summed E-state index contributed by atoms with van der Waals surface area (Å²) < 4.78 is 1.16. The molecule has 1 saturated heterocycles. The molecule has 2 unspecified atom stereocenters. The largest absolute Gasteiger partial charge is 0.313 e. The summed E-state index contributed by atoms with van der Waals surface area (Å²) in [4.78, 5) is 2.41. The molecule has 0 aromatic heterocycles. The predicted molar refractivity (Wildman–Crippen MR) is 80.7 cm³/mol. The highest BCUT2D eigenvalue weighted by molar-refractivity contribution is 9.10. The Balaban J connectivity index is 1.82. The van der Waals surface area contributed by atoms with E-state index >= 15 is 0 Å². The highest BCUT2D eigenvalue weighted by Crippen LogP contribution is 2.17. The fraction of sp³-hybridized carbons (Fsp3) is 0.600. The number of nitrogens with zero attached hydrogens (tertiary/aromatic N) is 1. The third-order valence-electron chi connectivity index (χ3n) is 3.63. The van der Waals surface area contributed by atoms with E-state index in [1.807, 2.05) is 0 Å². The average Bonchev–Trinajstić information content (AvgIpc) is 2.28. The molecule has 1 aliphatic rings. The number of piperidine rings is 1. The second kappa shape index (κ2) is 6.69. The number of hydrogen-bond acceptors (Lipinski definition) is 2. The SMILES string of the molecule is CC1CCNC(CN(C)Cc2cccc(Br)c2)C1. The van der Waals surface area contributed by atoms with Crippen LogP contribution in [0.3, 0.4) is 0 Å². The van der Waals surface area contributed by atoms with Crippen molar-refractivity contribution in [1.29, 1.82) is 0 Å². The Bertz CT molecular complexity index is 381. The minimum Gasteiger partial charge on any atom is -0.313 e. The first kappa shape index (κ1) is 14.0. The van der Waals surface area contributed by atoms with Crippen LogP contribution < -0.4 is 5.32 Å². The van der Waals surface area contributed by atoms with Gasteiger partial charge in [0.1, 0.15) is 0 Å². The van der Waals surface area contributed by atoms with Gasteiger partial charge < -0.3 is 10.2 Å². The first-order chi connectivity index (χ1) is 8.63. The summed E-state index contributed by atoms with van der Waals surface area (Å²) in [6, 6.07) is 9.24. The van der Waals surface area contributed by atoms with Crippen LogP contribution in [0, 0.1) is 5.92 Å². The summed E-state index contributed by atoms with van der Waals surface area (Å²) in [5.41, 5.74) is 1.37. The number of hydrogen-bond donors (Lipinski definition) is 1. The Labute approximate surface area is 119 Å². The zero-order valence-corrected chi connectivity index (χ0v) is 12.9. The lowest BCUT2D eigenvalue weighted by Crippen LogP contribution is -2.44. The van der Waals surface area contributed by atoms with Crippen LogP contribution in [0.5, 0.6) is 0 Å². The molecule has 1 heterocycles. The van der Waals surface area contributed by atoms with E-state index in [2.05, 4.69) is 64.4 Å². The van der Waals surface area contributed by atoms with Gasteiger partial charge in [-0.3, -0.25) is 0 Å². The van der Waals surface area contributed by atoms with Crippen molar-refractivity contribution in [1.82, 2.24) is 10.2 Å². The van der Waals surface area contributed by atoms with Gasteiger partial charge in [-0.25, -0.2) is 0 Å². The minimum atomic E-state index is 0.658. The molecule has 1 fully saturated rings. The molecule has 1 aromatic carbocycles. The van der Waals surface area contributed by atoms with Crippen molar-refractivity contribution in [3.05, 3.63) is 34.3 Å². The number of benzene rings is 1. The predicted octanol–water partition coefficient (Wildman–Crippen LogP) is 3.27. The maximum Gasteiger partial charge on any atom is 0.0231 e. The fourth-order valence-electron chi connectivity index (χ4n) is 2.75. The van der Waals surface area contributed by atoms with Crippen LogP contribution in [0.4, 0.5) is 0 Å². The van der Waals surface area contributed by atoms with Gasteiger partial charge in [0.05, 0.1) is 0 Å². The normalized spacial score (nSPS) is 24.4. The Kier molecular flexibility index (Phi) is 5.22. The molecule has 2 atom stereocenters. The van der Waals surface area contributed by atoms with Crippen molar-refractivity contribution < 1.29 is 0 Å². The molecular weight excluding hydrogens is 288 g/mol. The number of halogens is 1. The average molecular weight is 311 g/mol. The maximum absolute atomic E-state index is 3.63. The molecule has 1 N–H and O–H groups in total. The van der Waals surface area contributed by atoms with Crippen LogP contribution in [0.2, 0.25) is 0 Å². The quantitative estimate of drug-likeness (QED) is 0.918. The van der Waals surface area contributed by atoms with Gasteiger partial charge in [0, 0.05) is 23.6 Å². The molecule has 0 amide bonds. The highest BCUT2D eigenvalue weighted by atomic mass is 79.9. The van der Waals surface area contributed by atoms with Gasteiger partial charge in [-0.15, -0.1) is 0 Å². The lowest BCUT2D eigenvalue weighted by atomic mass is 9.94. The summed E-state index contributed by atoms with van der Waals surface area (Å²) in [5, 5.41) is 3.63. The molecule has 0 spiro atoms. The van der Waals surface area contributed by atoms with E-state index in [4.69, 9.17) is 0 Å². The molecule has 1 aromatic rings. The summed E-state index contributed by atoms with van der Waals surface area (Å²) in [6.45, 7) is 5.70. The first-order valence-electron chi connectivity index (χ1n) is 6.80. The van der Waals surface area contributed by atoms with E-state index < -0.39 is 0 Å². The van der Waals surface area contributed by atoms with Gasteiger partial charge in [-0.2, -0.15) is 0 Å². The van der Waals surface area contributed by atoms with Crippen LogP contribution in [0.1, 0.15) is 25.3 Å². The van der Waals surface area contributed by atoms with Crippen molar-refractivity contribution >= 4 is 15.9 Å². The molecule has 0 bridgehead atoms. The highest BCUT2D eigenvalue weighted by Gasteiger charge is 2.19. The van der Waals surface area contributed by atoms with Crippen LogP contribution in [-0.4, -0.2) is 31.1 Å². The van der Waals surface area contributed by atoms with Gasteiger partial charge >= 0.3 is 0 Å². The fourth-order valence-corrected chi connectivity index (χ4v) is 3.19. The van der Waals surface area contributed by atoms with E-state index in [1.165, 1.54) is 24.9 Å². The Hall–Kier alpha value is -0.380. The first-order valence-corrected chi connectivity index (χ1v) is 7.59. The van der Waals surface area contributed by atoms with Crippen LogP contribution in [0.25, 0.3) is 0 Å². The van der Waals surface area contributed by atoms with Gasteiger partial charge in [-0.05, 0) is 50.0 Å². The third-order valence-corrected chi connectivity index (χ3v) is 4.12. The molecule has 3 heteroatoms. The number of nitrogens with one attached hydrogen (secondary N) is 1. The second-order valence-corrected chi connectivity index (χ2v) is 6.52. The molecular formula is C15H23BrN2. The monoisotopic (exact) mass is 310 g/mol. The molecule has 18 heavy (non-hydrogen) atoms. The Morgan fingerprint density at radius 2 is 2.28 bits per heavy atom. The molecule has 0 radical (unpaired) electrons. The zero-order chi connectivity index (χ0) is 13.0. The summed E-state index contributed by atoms with van der Waals surface area (Å²) in [7, 11) is 2.21. The number of rotatable bonds is 4. The molecule has 2 rings (SSSR count). The van der Waals surface area contributed by atoms with E-state index in [-0.39, 0.29) is 0 Å². The Morgan fingerprint density at radius 3 is 3.00 bits per heavy atom. The zero-order valence-electron chi connectivity index (χ0n) is 11.3. The third kappa shape index (κ3) is 4.38. The van der Waals surface area contributed by atoms with E-state index in [9.17, 15) is 0 Å². The molecule has 0 aliphatic carbocycles.